The Morgan fingerprint density at radius 2 is 0.417 bits per heavy atom. The quantitative estimate of drug-likeness (QED) is 0.206. The molecule has 0 aliphatic rings. The second-order valence-corrected chi connectivity index (χ2v) is 1.35. The van der Waals surface area contributed by atoms with Crippen LogP contribution in [0.2, 0.25) is 0 Å². The molecule has 0 heterocycles. The monoisotopic (exact) mass is 398 g/mol. The van der Waals surface area contributed by atoms with Crippen molar-refractivity contribution < 1.29 is 193 Å². The maximum Gasteiger partial charge on any atom is 1.00 e. The molecule has 0 unspecified atom stereocenters. The summed E-state index contributed by atoms with van der Waals surface area (Å²) < 4.78 is 0. The number of carboxylic acid groups (broad SMARTS) is 10. The molecule has 24 heavy (non-hydrogen) atoms. The van der Waals surface area contributed by atoms with Crippen LogP contribution in [0.4, 0.5) is 24.0 Å². The van der Waals surface area contributed by atoms with Gasteiger partial charge in [-0.25, -0.2) is 14.4 Å². The van der Waals surface area contributed by atoms with Gasteiger partial charge in [0, 0.05) is 0 Å². The van der Waals surface area contributed by atoms with Gasteiger partial charge in [0.05, 0.1) is 0 Å². The topological polar surface area (TPSA) is 299 Å². The molecule has 0 saturated heterocycles. The van der Waals surface area contributed by atoms with Crippen molar-refractivity contribution in [2.24, 2.45) is 0 Å². The van der Waals surface area contributed by atoms with E-state index in [2.05, 4.69) is 0 Å². The summed E-state index contributed by atoms with van der Waals surface area (Å²) in [4.78, 5) is 42.3. The van der Waals surface area contributed by atoms with Gasteiger partial charge in [-0.2, -0.15) is 0 Å². The molecular formula is C5H6Na4O15. The molecule has 6 N–H and O–H groups in total. The fourth-order valence-electron chi connectivity index (χ4n) is 0. The molecule has 0 spiro atoms. The Balaban J connectivity index is -0.0000000161. The molecule has 0 aromatic heterocycles. The first kappa shape index (κ1) is 56.3. The van der Waals surface area contributed by atoms with Crippen LogP contribution in [0.15, 0.2) is 0 Å². The van der Waals surface area contributed by atoms with Gasteiger partial charge in [-0.3, -0.25) is 0 Å². The maximum atomic E-state index is 8.56. The second kappa shape index (κ2) is 49.5. The van der Waals surface area contributed by atoms with Crippen molar-refractivity contribution in [3.05, 3.63) is 0 Å². The summed E-state index contributed by atoms with van der Waals surface area (Å²) in [5.74, 6) is 0. The number of hydrogen-bond donors (Lipinski definition) is 6. The molecule has 0 rings (SSSR count). The predicted molar refractivity (Wildman–Crippen MR) is 42.8 cm³/mol. The van der Waals surface area contributed by atoms with Crippen LogP contribution < -0.4 is 139 Å². The molecule has 120 valence electrons. The van der Waals surface area contributed by atoms with Gasteiger partial charge in [-0.1, -0.05) is 0 Å². The Morgan fingerprint density at radius 1 is 0.417 bits per heavy atom. The summed E-state index contributed by atoms with van der Waals surface area (Å²) in [5, 5.41) is 75.2. The van der Waals surface area contributed by atoms with Gasteiger partial charge in [0.1, 0.15) is 0 Å². The van der Waals surface area contributed by atoms with Crippen LogP contribution in [-0.4, -0.2) is 61.4 Å². The van der Waals surface area contributed by atoms with E-state index in [9.17, 15) is 0 Å². The minimum Gasteiger partial charge on any atom is -0.652 e. The molecule has 15 nitrogen and oxygen atoms in total. The van der Waals surface area contributed by atoms with Crippen molar-refractivity contribution in [2.75, 3.05) is 0 Å². The molecule has 0 aromatic rings. The van der Waals surface area contributed by atoms with Gasteiger partial charge in [-0.05, 0) is 12.3 Å². The fourth-order valence-corrected chi connectivity index (χ4v) is 0. The van der Waals surface area contributed by atoms with Crippen LogP contribution in [0.25, 0.3) is 0 Å². The SMILES string of the molecule is O=C(O)O.O=C(O)O.O=C(O)O.O=C([O-])[O-].O=C([O-])[O-].[Na+].[Na+].[Na+].[Na+]. The zero-order valence-electron chi connectivity index (χ0n) is 12.9. The first-order valence-corrected chi connectivity index (χ1v) is 3.18. The minimum absolute atomic E-state index is 0. The average Bonchev–Trinajstić information content (AvgIpc) is 1.94. The summed E-state index contributed by atoms with van der Waals surface area (Å²) in [6.45, 7) is 0. The van der Waals surface area contributed by atoms with E-state index in [0.29, 0.717) is 0 Å². The Bertz CT molecular complexity index is 217. The van der Waals surface area contributed by atoms with E-state index in [1.165, 1.54) is 0 Å². The smallest absolute Gasteiger partial charge is 0.652 e. The zero-order valence-corrected chi connectivity index (χ0v) is 20.9. The Hall–Kier alpha value is 0.350. The molecule has 0 amide bonds. The molecule has 0 fully saturated rings. The standard InChI is InChI=1S/5CH2O3.4Na/c5*2-1(3)4;;;;/h5*(H2,2,3,4);;;;/q;;;;;4*+1/p-4. The van der Waals surface area contributed by atoms with E-state index in [0.717, 1.165) is 0 Å². The van der Waals surface area contributed by atoms with Crippen LogP contribution in [0.3, 0.4) is 0 Å². The average molecular weight is 398 g/mol. The molecule has 0 atom stereocenters. The first-order valence-electron chi connectivity index (χ1n) is 3.18. The normalized spacial score (nSPS) is 5.00. The largest absolute Gasteiger partial charge is 1.00 e. The second-order valence-electron chi connectivity index (χ2n) is 1.35. The van der Waals surface area contributed by atoms with Crippen molar-refractivity contribution in [3.8, 4) is 0 Å². The molecule has 0 bridgehead atoms. The van der Waals surface area contributed by atoms with E-state index >= 15 is 0 Å². The summed E-state index contributed by atoms with van der Waals surface area (Å²) in [5.41, 5.74) is 0. The summed E-state index contributed by atoms with van der Waals surface area (Å²) >= 11 is 0. The maximum absolute atomic E-state index is 8.56. The van der Waals surface area contributed by atoms with Crippen LogP contribution >= 0.6 is 0 Å². The van der Waals surface area contributed by atoms with E-state index in [1.807, 2.05) is 0 Å². The molecule has 0 saturated carbocycles. The van der Waals surface area contributed by atoms with Crippen LogP contribution in [-0.2, 0) is 0 Å². The van der Waals surface area contributed by atoms with E-state index in [1.54, 1.807) is 0 Å². The van der Waals surface area contributed by atoms with Crippen LogP contribution in [0.1, 0.15) is 0 Å². The van der Waals surface area contributed by atoms with E-state index in [4.69, 9.17) is 75.0 Å². The summed E-state index contributed by atoms with van der Waals surface area (Å²) in [6.07, 6.45) is -10.2. The third-order valence-electron chi connectivity index (χ3n) is 0. The number of rotatable bonds is 0. The van der Waals surface area contributed by atoms with E-state index in [-0.39, 0.29) is 118 Å². The molecule has 0 radical (unpaired) electrons. The van der Waals surface area contributed by atoms with Crippen LogP contribution in [0, 0.1) is 0 Å². The van der Waals surface area contributed by atoms with Crippen molar-refractivity contribution in [2.45, 2.75) is 0 Å². The van der Waals surface area contributed by atoms with Crippen molar-refractivity contribution in [3.63, 3.8) is 0 Å². The van der Waals surface area contributed by atoms with Crippen LogP contribution in [0.5, 0.6) is 0 Å². The molecule has 0 aromatic carbocycles. The minimum atomic E-state index is -2.33. The molecule has 0 aliphatic carbocycles. The van der Waals surface area contributed by atoms with Gasteiger partial charge in [0.15, 0.2) is 0 Å². The van der Waals surface area contributed by atoms with Gasteiger partial charge >= 0.3 is 137 Å². The molecule has 19 heteroatoms. The van der Waals surface area contributed by atoms with Crippen molar-refractivity contribution in [1.82, 2.24) is 0 Å². The Kier molecular flexibility index (Phi) is 116. The third kappa shape index (κ3) is 83200. The molecular weight excluding hydrogens is 392 g/mol. The molecule has 0 aliphatic heterocycles. The van der Waals surface area contributed by atoms with E-state index < -0.39 is 30.8 Å². The number of hydrogen-bond acceptors (Lipinski definition) is 9. The van der Waals surface area contributed by atoms with Gasteiger partial charge in [0.25, 0.3) is 0 Å². The number of carbonyl (C=O) groups is 5. The summed E-state index contributed by atoms with van der Waals surface area (Å²) in [7, 11) is 0. The zero-order chi connectivity index (χ0) is 17.9. The summed E-state index contributed by atoms with van der Waals surface area (Å²) in [6, 6.07) is 0. The fraction of sp³-hybridized carbons (Fsp3) is 0. The van der Waals surface area contributed by atoms with Gasteiger partial charge in [0.2, 0.25) is 0 Å². The van der Waals surface area contributed by atoms with Gasteiger partial charge < -0.3 is 60.7 Å². The van der Waals surface area contributed by atoms with Crippen molar-refractivity contribution >= 4 is 30.8 Å². The predicted octanol–water partition coefficient (Wildman–Crippen LogP) is -16.2. The Labute approximate surface area is 221 Å². The number of carbonyl (C=O) groups excluding carboxylic acids is 2. The third-order valence-corrected chi connectivity index (χ3v) is 0. The Morgan fingerprint density at radius 3 is 0.417 bits per heavy atom. The van der Waals surface area contributed by atoms with Gasteiger partial charge in [-0.15, -0.1) is 0 Å². The first-order chi connectivity index (χ1) is 8.66. The van der Waals surface area contributed by atoms with Crippen molar-refractivity contribution in [1.29, 1.82) is 0 Å².